The van der Waals surface area contributed by atoms with E-state index in [0.29, 0.717) is 12.1 Å². The Morgan fingerprint density at radius 1 is 1.52 bits per heavy atom. The van der Waals surface area contributed by atoms with Gasteiger partial charge < -0.3 is 4.90 Å². The van der Waals surface area contributed by atoms with Crippen molar-refractivity contribution in [2.45, 2.75) is 31.7 Å². The first-order valence-electron chi connectivity index (χ1n) is 6.66. The van der Waals surface area contributed by atoms with Crippen LogP contribution in [0, 0.1) is 5.92 Å². The van der Waals surface area contributed by atoms with Crippen LogP contribution in [0.5, 0.6) is 0 Å². The van der Waals surface area contributed by atoms with E-state index in [-0.39, 0.29) is 19.4 Å². The first-order valence-corrected chi connectivity index (χ1v) is 9.20. The summed E-state index contributed by atoms with van der Waals surface area (Å²) < 4.78 is 53.1. The minimum atomic E-state index is -3.72. The van der Waals surface area contributed by atoms with Crippen LogP contribution in [0.2, 0.25) is 0 Å². The Hall–Kier alpha value is -0.800. The smallest absolute Gasteiger partial charge is 0.251 e. The molecule has 1 unspecified atom stereocenters. The van der Waals surface area contributed by atoms with Crippen LogP contribution in [-0.4, -0.2) is 39.2 Å². The highest BCUT2D eigenvalue weighted by Crippen LogP contribution is 2.40. The highest BCUT2D eigenvalue weighted by atomic mass is 32.2. The van der Waals surface area contributed by atoms with E-state index in [0.717, 1.165) is 5.13 Å². The van der Waals surface area contributed by atoms with Crippen molar-refractivity contribution in [3.8, 4) is 0 Å². The summed E-state index contributed by atoms with van der Waals surface area (Å²) >= 11 is 1.40. The van der Waals surface area contributed by atoms with Crippen molar-refractivity contribution >= 4 is 26.5 Å². The fourth-order valence-electron chi connectivity index (χ4n) is 2.30. The number of sulfonamides is 1. The van der Waals surface area contributed by atoms with Gasteiger partial charge in [0.15, 0.2) is 5.13 Å². The number of hydrogen-bond donors (Lipinski definition) is 1. The molecule has 1 N–H and O–H groups in total. The number of thiazole rings is 1. The Morgan fingerprint density at radius 2 is 2.24 bits per heavy atom. The molecule has 1 atom stereocenters. The van der Waals surface area contributed by atoms with Crippen molar-refractivity contribution in [2.75, 3.05) is 24.7 Å². The number of hydrogen-bond acceptors (Lipinski definition) is 5. The summed E-state index contributed by atoms with van der Waals surface area (Å²) in [4.78, 5) is 6.06. The molecule has 120 valence electrons. The predicted molar refractivity (Wildman–Crippen MR) is 79.4 cm³/mol. The molecule has 0 bridgehead atoms. The van der Waals surface area contributed by atoms with Crippen LogP contribution in [0.15, 0.2) is 5.38 Å². The van der Waals surface area contributed by atoms with Crippen molar-refractivity contribution in [1.82, 2.24) is 9.71 Å². The Kier molecular flexibility index (Phi) is 4.84. The lowest BCUT2D eigenvalue weighted by Gasteiger charge is -2.18. The monoisotopic (exact) mass is 339 g/mol. The van der Waals surface area contributed by atoms with Gasteiger partial charge in [-0.25, -0.2) is 26.9 Å². The predicted octanol–water partition coefficient (Wildman–Crippen LogP) is 2.06. The van der Waals surface area contributed by atoms with Gasteiger partial charge in [0.25, 0.3) is 5.92 Å². The number of aromatic nitrogens is 1. The first kappa shape index (κ1) is 16.6. The van der Waals surface area contributed by atoms with Crippen molar-refractivity contribution in [3.63, 3.8) is 0 Å². The van der Waals surface area contributed by atoms with Crippen LogP contribution in [0.25, 0.3) is 0 Å². The zero-order valence-electron chi connectivity index (χ0n) is 12.0. The zero-order chi connectivity index (χ0) is 15.7. The number of halogens is 2. The molecule has 2 rings (SSSR count). The van der Waals surface area contributed by atoms with Crippen molar-refractivity contribution in [3.05, 3.63) is 11.1 Å². The Labute approximate surface area is 127 Å². The Morgan fingerprint density at radius 3 is 2.76 bits per heavy atom. The fourth-order valence-corrected chi connectivity index (χ4v) is 4.48. The number of alkyl halides is 2. The summed E-state index contributed by atoms with van der Waals surface area (Å²) in [5, 5.41) is 2.52. The molecular formula is C12H19F2N3O2S2. The van der Waals surface area contributed by atoms with Crippen LogP contribution in [0.3, 0.4) is 0 Å². The van der Waals surface area contributed by atoms with E-state index >= 15 is 0 Å². The maximum Gasteiger partial charge on any atom is 0.251 e. The molecule has 0 saturated heterocycles. The van der Waals surface area contributed by atoms with Crippen molar-refractivity contribution in [1.29, 1.82) is 0 Å². The van der Waals surface area contributed by atoms with E-state index < -0.39 is 27.6 Å². The Bertz CT molecular complexity index is 587. The molecule has 0 aromatic carbocycles. The van der Waals surface area contributed by atoms with E-state index in [9.17, 15) is 17.2 Å². The van der Waals surface area contributed by atoms with E-state index in [1.165, 1.54) is 11.3 Å². The number of anilines is 1. The van der Waals surface area contributed by atoms with Gasteiger partial charge in [0.1, 0.15) is 0 Å². The molecule has 1 saturated carbocycles. The second kappa shape index (κ2) is 6.13. The zero-order valence-corrected chi connectivity index (χ0v) is 13.6. The molecule has 0 spiro atoms. The SMILES string of the molecule is CN(C)c1nc(CNS(=O)(=O)CC2CCCC2(F)F)cs1. The fraction of sp³-hybridized carbons (Fsp3) is 0.750. The van der Waals surface area contributed by atoms with E-state index in [4.69, 9.17) is 0 Å². The minimum absolute atomic E-state index is 0.0327. The van der Waals surface area contributed by atoms with Crippen molar-refractivity contribution in [2.24, 2.45) is 5.92 Å². The first-order chi connectivity index (χ1) is 9.70. The molecule has 1 aromatic rings. The maximum absolute atomic E-state index is 13.5. The molecule has 1 heterocycles. The quantitative estimate of drug-likeness (QED) is 0.862. The summed E-state index contributed by atoms with van der Waals surface area (Å²) in [6.07, 6.45) is 0.423. The molecule has 1 aliphatic rings. The normalized spacial score (nSPS) is 21.6. The Balaban J connectivity index is 1.92. The van der Waals surface area contributed by atoms with Crippen LogP contribution < -0.4 is 9.62 Å². The molecule has 5 nitrogen and oxygen atoms in total. The highest BCUT2D eigenvalue weighted by molar-refractivity contribution is 7.89. The van der Waals surface area contributed by atoms with Gasteiger partial charge >= 0.3 is 0 Å². The third kappa shape index (κ3) is 4.33. The van der Waals surface area contributed by atoms with Gasteiger partial charge in [-0.1, -0.05) is 0 Å². The summed E-state index contributed by atoms with van der Waals surface area (Å²) in [6.45, 7) is 0.0327. The van der Waals surface area contributed by atoms with Crippen LogP contribution in [0.4, 0.5) is 13.9 Å². The van der Waals surface area contributed by atoms with E-state index in [2.05, 4.69) is 9.71 Å². The van der Waals surface area contributed by atoms with Gasteiger partial charge in [-0.3, -0.25) is 0 Å². The second-order valence-electron chi connectivity index (χ2n) is 5.47. The van der Waals surface area contributed by atoms with Crippen LogP contribution in [0.1, 0.15) is 25.0 Å². The lowest BCUT2D eigenvalue weighted by Crippen LogP contribution is -2.35. The molecule has 1 aliphatic carbocycles. The third-order valence-corrected chi connectivity index (χ3v) is 5.96. The van der Waals surface area contributed by atoms with Gasteiger partial charge in [-0.15, -0.1) is 11.3 Å². The molecule has 0 amide bonds. The van der Waals surface area contributed by atoms with Gasteiger partial charge in [0, 0.05) is 31.8 Å². The van der Waals surface area contributed by atoms with E-state index in [1.807, 2.05) is 19.0 Å². The topological polar surface area (TPSA) is 62.3 Å². The third-order valence-electron chi connectivity index (χ3n) is 3.48. The van der Waals surface area contributed by atoms with Crippen LogP contribution >= 0.6 is 11.3 Å². The minimum Gasteiger partial charge on any atom is -0.354 e. The standard InChI is InChI=1S/C12H19F2N3O2S2/c1-17(2)11-16-10(7-20-11)6-15-21(18,19)8-9-4-3-5-12(9,13)14/h7,9,15H,3-6,8H2,1-2H3. The number of rotatable bonds is 6. The molecule has 0 radical (unpaired) electrons. The maximum atomic E-state index is 13.5. The second-order valence-corrected chi connectivity index (χ2v) is 8.16. The average Bonchev–Trinajstić information content (AvgIpc) is 2.94. The van der Waals surface area contributed by atoms with Gasteiger partial charge in [0.2, 0.25) is 10.0 Å². The van der Waals surface area contributed by atoms with Gasteiger partial charge in [0.05, 0.1) is 18.0 Å². The summed E-state index contributed by atoms with van der Waals surface area (Å²) in [7, 11) is -0.0398. The molecule has 21 heavy (non-hydrogen) atoms. The van der Waals surface area contributed by atoms with Gasteiger partial charge in [-0.05, 0) is 12.8 Å². The van der Waals surface area contributed by atoms with E-state index in [1.54, 1.807) is 5.38 Å². The lowest BCUT2D eigenvalue weighted by molar-refractivity contribution is -0.0288. The molecular weight excluding hydrogens is 320 g/mol. The molecule has 1 aromatic heterocycles. The molecule has 0 aliphatic heterocycles. The largest absolute Gasteiger partial charge is 0.354 e. The van der Waals surface area contributed by atoms with Crippen LogP contribution in [-0.2, 0) is 16.6 Å². The number of nitrogens with one attached hydrogen (secondary N) is 1. The molecule has 1 fully saturated rings. The highest BCUT2D eigenvalue weighted by Gasteiger charge is 2.45. The summed E-state index contributed by atoms with van der Waals surface area (Å²) in [5.74, 6) is -4.47. The van der Waals surface area contributed by atoms with Gasteiger partial charge in [-0.2, -0.15) is 0 Å². The average molecular weight is 339 g/mol. The lowest BCUT2D eigenvalue weighted by atomic mass is 10.1. The summed E-state index contributed by atoms with van der Waals surface area (Å²) in [5.41, 5.74) is 0.588. The van der Waals surface area contributed by atoms with Crippen molar-refractivity contribution < 1.29 is 17.2 Å². The summed E-state index contributed by atoms with van der Waals surface area (Å²) in [6, 6.07) is 0. The molecule has 9 heteroatoms. The number of nitrogens with zero attached hydrogens (tertiary/aromatic N) is 2.